The van der Waals surface area contributed by atoms with Crippen molar-refractivity contribution in [3.05, 3.63) is 12.5 Å². The Hall–Kier alpha value is -1.77. The number of nitrogens with two attached hydrogens (primary N) is 1. The molecule has 18 heavy (non-hydrogen) atoms. The highest BCUT2D eigenvalue weighted by Gasteiger charge is 2.37. The smallest absolute Gasteiger partial charge is 0.393 e. The molecule has 1 unspecified atom stereocenters. The first-order chi connectivity index (χ1) is 8.69. The molecule has 0 amide bonds. The molecule has 3 heterocycles. The van der Waals surface area contributed by atoms with Crippen molar-refractivity contribution < 1.29 is 19.5 Å². The lowest BCUT2D eigenvalue weighted by atomic mass is 10.2. The van der Waals surface area contributed by atoms with E-state index in [9.17, 15) is 5.11 Å². The Kier molecular flexibility index (Phi) is 2.62. The summed E-state index contributed by atoms with van der Waals surface area (Å²) in [6, 6.07) is 0. The second-order valence-corrected chi connectivity index (χ2v) is 4.26. The molecule has 3 rings (SSSR count). The molecule has 0 radical (unpaired) electrons. The predicted molar refractivity (Wildman–Crippen MR) is 60.1 cm³/mol. The molecule has 3 atom stereocenters. The molecule has 5 N–H and O–H groups in total. The maximum absolute atomic E-state index is 9.71. The van der Waals surface area contributed by atoms with Gasteiger partial charge in [0.25, 0.3) is 5.65 Å². The summed E-state index contributed by atoms with van der Waals surface area (Å²) in [6.45, 7) is -0.224. The second-order valence-electron chi connectivity index (χ2n) is 4.26. The zero-order chi connectivity index (χ0) is 12.7. The van der Waals surface area contributed by atoms with E-state index in [1.54, 1.807) is 10.8 Å². The molecule has 2 aromatic rings. The fourth-order valence-electron chi connectivity index (χ4n) is 2.13. The molecule has 1 fully saturated rings. The van der Waals surface area contributed by atoms with Gasteiger partial charge in [-0.2, -0.15) is 0 Å². The van der Waals surface area contributed by atoms with Gasteiger partial charge in [-0.15, -0.1) is 0 Å². The number of aromatic nitrogens is 4. The largest absolute Gasteiger partial charge is 0.394 e. The standard InChI is InChI=1S/C10H13N5O3/c11-10-14-9-5(12-4-13-9)2-15(10)8-1-6(17)7(3-16)18-8/h2,4,6-8,16-17H,1,3H2,(H2,11,12,13,14)/p+1/t6-,7+,8?/m0/s1. The van der Waals surface area contributed by atoms with Crippen molar-refractivity contribution in [3.63, 3.8) is 0 Å². The van der Waals surface area contributed by atoms with E-state index in [0.717, 1.165) is 5.52 Å². The van der Waals surface area contributed by atoms with E-state index in [4.69, 9.17) is 15.6 Å². The number of hydrogen-bond acceptors (Lipinski definition) is 6. The molecule has 8 heteroatoms. The molecule has 0 saturated carbocycles. The van der Waals surface area contributed by atoms with Crippen molar-refractivity contribution in [1.29, 1.82) is 0 Å². The van der Waals surface area contributed by atoms with Crippen LogP contribution in [0.4, 0.5) is 5.95 Å². The van der Waals surface area contributed by atoms with Crippen molar-refractivity contribution >= 4 is 17.1 Å². The third-order valence-corrected chi connectivity index (χ3v) is 3.10. The quantitative estimate of drug-likeness (QED) is 0.481. The first-order valence-electron chi connectivity index (χ1n) is 5.64. The summed E-state index contributed by atoms with van der Waals surface area (Å²) in [5, 5.41) is 18.8. The maximum atomic E-state index is 9.71. The number of hydrogen-bond donors (Lipinski definition) is 4. The first-order valence-corrected chi connectivity index (χ1v) is 5.64. The van der Waals surface area contributed by atoms with E-state index in [-0.39, 0.29) is 12.6 Å². The Morgan fingerprint density at radius 3 is 3.17 bits per heavy atom. The van der Waals surface area contributed by atoms with Crippen LogP contribution in [-0.4, -0.2) is 44.0 Å². The van der Waals surface area contributed by atoms with Gasteiger partial charge in [-0.05, 0) is 4.98 Å². The Balaban J connectivity index is 1.96. The van der Waals surface area contributed by atoms with E-state index in [0.29, 0.717) is 12.1 Å². The van der Waals surface area contributed by atoms with Gasteiger partial charge in [-0.3, -0.25) is 5.73 Å². The molecule has 0 bridgehead atoms. The average Bonchev–Trinajstić information content (AvgIpc) is 2.93. The van der Waals surface area contributed by atoms with E-state index >= 15 is 0 Å². The molecule has 1 aliphatic rings. The predicted octanol–water partition coefficient (Wildman–Crippen LogP) is -1.53. The van der Waals surface area contributed by atoms with Crippen molar-refractivity contribution in [2.45, 2.75) is 24.9 Å². The first kappa shape index (κ1) is 11.3. The minimum absolute atomic E-state index is 0.224. The van der Waals surface area contributed by atoms with Gasteiger partial charge in [-0.1, -0.05) is 0 Å². The van der Waals surface area contributed by atoms with Crippen LogP contribution in [0.15, 0.2) is 12.5 Å². The molecule has 0 aromatic carbocycles. The van der Waals surface area contributed by atoms with Gasteiger partial charge >= 0.3 is 5.95 Å². The highest BCUT2D eigenvalue weighted by molar-refractivity contribution is 5.68. The fraction of sp³-hybridized carbons (Fsp3) is 0.500. The van der Waals surface area contributed by atoms with Gasteiger partial charge < -0.3 is 19.9 Å². The molecular weight excluding hydrogens is 238 g/mol. The summed E-state index contributed by atoms with van der Waals surface area (Å²) in [5.74, 6) is 0.255. The minimum Gasteiger partial charge on any atom is -0.394 e. The van der Waals surface area contributed by atoms with Gasteiger partial charge in [0.05, 0.1) is 25.2 Å². The Morgan fingerprint density at radius 2 is 2.44 bits per heavy atom. The topological polar surface area (TPSA) is 121 Å². The number of imidazole rings is 1. The highest BCUT2D eigenvalue weighted by Crippen LogP contribution is 2.25. The van der Waals surface area contributed by atoms with Gasteiger partial charge in [0.1, 0.15) is 11.6 Å². The van der Waals surface area contributed by atoms with Gasteiger partial charge in [0.15, 0.2) is 6.23 Å². The molecule has 2 aromatic heterocycles. The van der Waals surface area contributed by atoms with Gasteiger partial charge in [0, 0.05) is 6.42 Å². The fourth-order valence-corrected chi connectivity index (χ4v) is 2.13. The number of aliphatic hydroxyl groups is 2. The molecule has 1 saturated heterocycles. The zero-order valence-corrected chi connectivity index (χ0v) is 9.52. The van der Waals surface area contributed by atoms with E-state index in [1.165, 1.54) is 6.33 Å². The Morgan fingerprint density at radius 1 is 1.61 bits per heavy atom. The van der Waals surface area contributed by atoms with Crippen LogP contribution in [-0.2, 0) is 4.74 Å². The number of H-pyrrole nitrogens is 1. The number of nitrogen functional groups attached to an aromatic ring is 1. The number of ether oxygens (including phenoxy) is 1. The molecular formula is C10H14N5O3+. The average molecular weight is 252 g/mol. The lowest BCUT2D eigenvalue weighted by Gasteiger charge is -2.11. The number of nitrogens with zero attached hydrogens (tertiary/aromatic N) is 3. The van der Waals surface area contributed by atoms with Gasteiger partial charge in [-0.25, -0.2) is 9.55 Å². The molecule has 8 nitrogen and oxygen atoms in total. The number of fused-ring (bicyclic) bond motifs is 1. The number of anilines is 1. The van der Waals surface area contributed by atoms with Crippen LogP contribution in [0.2, 0.25) is 0 Å². The van der Waals surface area contributed by atoms with Crippen molar-refractivity contribution in [1.82, 2.24) is 15.0 Å². The molecule has 0 aliphatic carbocycles. The van der Waals surface area contributed by atoms with Crippen LogP contribution in [0.25, 0.3) is 11.2 Å². The number of aliphatic hydroxyl groups excluding tert-OH is 2. The highest BCUT2D eigenvalue weighted by atomic mass is 16.5. The maximum Gasteiger partial charge on any atom is 0.393 e. The van der Waals surface area contributed by atoms with Crippen LogP contribution in [0.3, 0.4) is 0 Å². The van der Waals surface area contributed by atoms with E-state index in [1.807, 2.05) is 0 Å². The summed E-state index contributed by atoms with van der Waals surface area (Å²) in [5.41, 5.74) is 7.09. The van der Waals surface area contributed by atoms with Crippen LogP contribution in [0, 0.1) is 0 Å². The molecule has 96 valence electrons. The zero-order valence-electron chi connectivity index (χ0n) is 9.52. The number of aromatic amines is 1. The van der Waals surface area contributed by atoms with Crippen molar-refractivity contribution in [3.8, 4) is 0 Å². The summed E-state index contributed by atoms with van der Waals surface area (Å²) < 4.78 is 7.15. The third kappa shape index (κ3) is 1.70. The Bertz CT molecular complexity index is 572. The lowest BCUT2D eigenvalue weighted by Crippen LogP contribution is -2.43. The summed E-state index contributed by atoms with van der Waals surface area (Å²) in [7, 11) is 0. The number of rotatable bonds is 2. The minimum atomic E-state index is -0.704. The summed E-state index contributed by atoms with van der Waals surface area (Å²) >= 11 is 0. The third-order valence-electron chi connectivity index (χ3n) is 3.10. The second kappa shape index (κ2) is 4.16. The van der Waals surface area contributed by atoms with E-state index < -0.39 is 18.4 Å². The van der Waals surface area contributed by atoms with Crippen molar-refractivity contribution in [2.75, 3.05) is 12.3 Å². The van der Waals surface area contributed by atoms with Crippen LogP contribution >= 0.6 is 0 Å². The van der Waals surface area contributed by atoms with Gasteiger partial charge in [0.2, 0.25) is 0 Å². The van der Waals surface area contributed by atoms with Crippen LogP contribution in [0.5, 0.6) is 0 Å². The lowest BCUT2D eigenvalue weighted by molar-refractivity contribution is -0.747. The van der Waals surface area contributed by atoms with E-state index in [2.05, 4.69) is 15.0 Å². The van der Waals surface area contributed by atoms with Crippen molar-refractivity contribution in [2.24, 2.45) is 0 Å². The number of nitrogens with one attached hydrogen (secondary N) is 1. The normalized spacial score (nSPS) is 28.0. The van der Waals surface area contributed by atoms with Crippen LogP contribution < -0.4 is 10.3 Å². The summed E-state index contributed by atoms with van der Waals surface area (Å²) in [4.78, 5) is 11.1. The summed E-state index contributed by atoms with van der Waals surface area (Å²) in [6.07, 6.45) is 1.91. The molecule has 0 spiro atoms. The monoisotopic (exact) mass is 252 g/mol. The SMILES string of the molecule is Nc1nc2nc[nH]c2c[n+]1C1C[C@H](O)[C@@H](CO)O1. The Labute approximate surface area is 102 Å². The molecule has 1 aliphatic heterocycles. The van der Waals surface area contributed by atoms with Crippen LogP contribution in [0.1, 0.15) is 12.6 Å².